The van der Waals surface area contributed by atoms with Crippen molar-refractivity contribution in [2.45, 2.75) is 23.9 Å². The van der Waals surface area contributed by atoms with Crippen LogP contribution in [0.1, 0.15) is 27.4 Å². The van der Waals surface area contributed by atoms with E-state index in [0.717, 1.165) is 14.6 Å². The highest BCUT2D eigenvalue weighted by molar-refractivity contribution is 8.00. The molecule has 1 N–H and O–H groups in total. The Morgan fingerprint density at radius 2 is 2.00 bits per heavy atom. The lowest BCUT2D eigenvalue weighted by molar-refractivity contribution is 0.102. The number of rotatable bonds is 5. The normalized spacial score (nSPS) is 11.4. The molecule has 2 aromatic carbocycles. The number of aromatic nitrogens is 3. The first-order valence-electron chi connectivity index (χ1n) is 9.96. The third-order valence-electron chi connectivity index (χ3n) is 4.93. The Hall–Kier alpha value is -3.50. The summed E-state index contributed by atoms with van der Waals surface area (Å²) in [6.07, 6.45) is 0. The third-order valence-corrected chi connectivity index (χ3v) is 7.12. The van der Waals surface area contributed by atoms with Gasteiger partial charge in [0.2, 0.25) is 0 Å². The highest BCUT2D eigenvalue weighted by Crippen LogP contribution is 2.32. The van der Waals surface area contributed by atoms with Crippen molar-refractivity contribution in [3.05, 3.63) is 87.3 Å². The topological polar surface area (TPSA) is 89.5 Å². The fraction of sp³-hybridized carbons (Fsp3) is 0.130. The van der Waals surface area contributed by atoms with Gasteiger partial charge in [0.05, 0.1) is 15.9 Å². The molecule has 166 valence electrons. The molecule has 7 nitrogen and oxygen atoms in total. The zero-order valence-electron chi connectivity index (χ0n) is 17.6. The molecule has 5 rings (SSSR count). The predicted octanol–water partition coefficient (Wildman–Crippen LogP) is 5.20. The van der Waals surface area contributed by atoms with Crippen molar-refractivity contribution in [3.8, 4) is 0 Å². The van der Waals surface area contributed by atoms with Crippen LogP contribution < -0.4 is 10.9 Å². The average molecular weight is 481 g/mol. The average Bonchev–Trinajstić information content (AvgIpc) is 3.36. The van der Waals surface area contributed by atoms with Crippen LogP contribution in [0, 0.1) is 19.7 Å². The summed E-state index contributed by atoms with van der Waals surface area (Å²) in [4.78, 5) is 33.7. The number of benzene rings is 2. The number of aryl methyl sites for hydroxylation is 2. The van der Waals surface area contributed by atoms with Crippen molar-refractivity contribution in [2.75, 3.05) is 5.32 Å². The molecule has 3 aromatic heterocycles. The van der Waals surface area contributed by atoms with E-state index in [1.54, 1.807) is 38.1 Å². The molecule has 0 saturated heterocycles. The number of thiazole rings is 1. The number of anilines is 1. The molecule has 10 heteroatoms. The summed E-state index contributed by atoms with van der Waals surface area (Å²) in [6.45, 7) is 3.41. The van der Waals surface area contributed by atoms with Gasteiger partial charge in [-0.3, -0.25) is 9.59 Å². The van der Waals surface area contributed by atoms with E-state index in [1.807, 2.05) is 12.1 Å². The van der Waals surface area contributed by atoms with Gasteiger partial charge >= 0.3 is 0 Å². The monoisotopic (exact) mass is 480 g/mol. The number of fused-ring (bicyclic) bond motifs is 2. The molecule has 0 atom stereocenters. The van der Waals surface area contributed by atoms with Gasteiger partial charge in [0.15, 0.2) is 9.99 Å². The summed E-state index contributed by atoms with van der Waals surface area (Å²) in [5.41, 5.74) is 3.01. The van der Waals surface area contributed by atoms with Crippen molar-refractivity contribution < 1.29 is 13.7 Å². The SMILES string of the molecule is Cc1cc2nc(CSc3nc4ccc(NC(=O)c5ccc(C)c(F)c5)cc4s3)cc(=O)n2o1. The number of carbonyl (C=O) groups is 1. The first-order valence-corrected chi connectivity index (χ1v) is 11.8. The van der Waals surface area contributed by atoms with Crippen LogP contribution >= 0.6 is 23.1 Å². The van der Waals surface area contributed by atoms with E-state index in [4.69, 9.17) is 4.52 Å². The number of thioether (sulfide) groups is 1. The second-order valence-electron chi connectivity index (χ2n) is 7.45. The number of nitrogens with zero attached hydrogens (tertiary/aromatic N) is 3. The lowest BCUT2D eigenvalue weighted by atomic mass is 10.1. The maximum Gasteiger partial charge on any atom is 0.287 e. The minimum absolute atomic E-state index is 0.256. The maximum absolute atomic E-state index is 13.8. The Balaban J connectivity index is 1.31. The second-order valence-corrected chi connectivity index (χ2v) is 9.71. The number of nitrogens with one attached hydrogen (secondary N) is 1. The second kappa shape index (κ2) is 8.45. The number of hydrogen-bond acceptors (Lipinski definition) is 7. The van der Waals surface area contributed by atoms with Crippen LogP contribution in [0.5, 0.6) is 0 Å². The molecular weight excluding hydrogens is 463 g/mol. The van der Waals surface area contributed by atoms with Crippen molar-refractivity contribution in [1.82, 2.24) is 14.5 Å². The Kier molecular flexibility index (Phi) is 5.47. The van der Waals surface area contributed by atoms with Gasteiger partial charge in [-0.2, -0.15) is 0 Å². The van der Waals surface area contributed by atoms with Crippen LogP contribution in [-0.4, -0.2) is 20.4 Å². The zero-order valence-corrected chi connectivity index (χ0v) is 19.2. The summed E-state index contributed by atoms with van der Waals surface area (Å²) in [7, 11) is 0. The number of carbonyl (C=O) groups excluding carboxylic acids is 1. The fourth-order valence-corrected chi connectivity index (χ4v) is 5.26. The molecule has 3 heterocycles. The minimum atomic E-state index is -0.415. The van der Waals surface area contributed by atoms with E-state index in [0.29, 0.717) is 34.1 Å². The Morgan fingerprint density at radius 1 is 1.15 bits per heavy atom. The summed E-state index contributed by atoms with van der Waals surface area (Å²) in [5.74, 6) is 0.306. The van der Waals surface area contributed by atoms with Crippen molar-refractivity contribution >= 4 is 50.6 Å². The van der Waals surface area contributed by atoms with Crippen LogP contribution in [0.2, 0.25) is 0 Å². The Bertz CT molecular complexity index is 1590. The molecule has 0 aliphatic heterocycles. The van der Waals surface area contributed by atoms with Gasteiger partial charge in [-0.1, -0.05) is 17.8 Å². The molecule has 0 spiro atoms. The molecule has 0 fully saturated rings. The Labute approximate surface area is 195 Å². The van der Waals surface area contributed by atoms with E-state index in [-0.39, 0.29) is 17.0 Å². The van der Waals surface area contributed by atoms with E-state index in [9.17, 15) is 14.0 Å². The summed E-state index contributed by atoms with van der Waals surface area (Å²) in [5, 5.41) is 2.80. The molecule has 0 radical (unpaired) electrons. The number of halogens is 1. The third kappa shape index (κ3) is 4.39. The predicted molar refractivity (Wildman–Crippen MR) is 127 cm³/mol. The first-order chi connectivity index (χ1) is 15.9. The molecule has 33 heavy (non-hydrogen) atoms. The molecule has 1 amide bonds. The van der Waals surface area contributed by atoms with Crippen molar-refractivity contribution in [1.29, 1.82) is 0 Å². The van der Waals surface area contributed by atoms with Gasteiger partial charge < -0.3 is 9.84 Å². The van der Waals surface area contributed by atoms with Gasteiger partial charge in [-0.15, -0.1) is 15.9 Å². The van der Waals surface area contributed by atoms with Crippen molar-refractivity contribution in [3.63, 3.8) is 0 Å². The van der Waals surface area contributed by atoms with Gasteiger partial charge in [-0.25, -0.2) is 14.4 Å². The maximum atomic E-state index is 13.8. The molecule has 5 aromatic rings. The summed E-state index contributed by atoms with van der Waals surface area (Å²) < 4.78 is 22.0. The number of hydrogen-bond donors (Lipinski definition) is 1. The van der Waals surface area contributed by atoms with E-state index < -0.39 is 5.82 Å². The van der Waals surface area contributed by atoms with E-state index >= 15 is 0 Å². The molecule has 0 bridgehead atoms. The fourth-order valence-electron chi connectivity index (χ4n) is 3.26. The first kappa shape index (κ1) is 21.4. The lowest BCUT2D eigenvalue weighted by Crippen LogP contribution is -2.12. The van der Waals surface area contributed by atoms with E-state index in [2.05, 4.69) is 15.3 Å². The van der Waals surface area contributed by atoms with E-state index in [1.165, 1.54) is 39.8 Å². The largest absolute Gasteiger partial charge is 0.375 e. The molecule has 0 aliphatic rings. The highest BCUT2D eigenvalue weighted by Gasteiger charge is 2.12. The van der Waals surface area contributed by atoms with Gasteiger partial charge in [-0.05, 0) is 49.7 Å². The lowest BCUT2D eigenvalue weighted by Gasteiger charge is -2.06. The van der Waals surface area contributed by atoms with Gasteiger partial charge in [0.25, 0.3) is 11.5 Å². The smallest absolute Gasteiger partial charge is 0.287 e. The van der Waals surface area contributed by atoms with Crippen molar-refractivity contribution in [2.24, 2.45) is 0 Å². The molecule has 0 saturated carbocycles. The van der Waals surface area contributed by atoms with Crippen LogP contribution in [0.15, 0.2) is 62.2 Å². The Morgan fingerprint density at radius 3 is 2.82 bits per heavy atom. The van der Waals surface area contributed by atoms with Gasteiger partial charge in [0.1, 0.15) is 11.6 Å². The zero-order chi connectivity index (χ0) is 23.1. The van der Waals surface area contributed by atoms with Crippen LogP contribution in [0.4, 0.5) is 10.1 Å². The van der Waals surface area contributed by atoms with Crippen LogP contribution in [0.3, 0.4) is 0 Å². The molecular formula is C23H17FN4O3S2. The van der Waals surface area contributed by atoms with Gasteiger partial charge in [0, 0.05) is 29.1 Å². The number of amides is 1. The molecule has 0 aliphatic carbocycles. The van der Waals surface area contributed by atoms with Crippen LogP contribution in [-0.2, 0) is 5.75 Å². The minimum Gasteiger partial charge on any atom is -0.375 e. The summed E-state index contributed by atoms with van der Waals surface area (Å²) in [6, 6.07) is 13.0. The quantitative estimate of drug-likeness (QED) is 0.348. The standard InChI is InChI=1S/C23H17FN4O3S2/c1-12-3-4-14(8-17(12)24)22(30)26-15-5-6-18-19(9-15)33-23(27-18)32-11-16-10-21(29)28-20(25-16)7-13(2)31-28/h3-10H,11H2,1-2H3,(H,26,30). The van der Waals surface area contributed by atoms with Crippen LogP contribution in [0.25, 0.3) is 15.9 Å². The summed E-state index contributed by atoms with van der Waals surface area (Å²) >= 11 is 2.96. The molecule has 0 unspecified atom stereocenters. The highest BCUT2D eigenvalue weighted by atomic mass is 32.2.